The van der Waals surface area contributed by atoms with E-state index in [2.05, 4.69) is 20.7 Å². The van der Waals surface area contributed by atoms with E-state index in [-0.39, 0.29) is 0 Å². The monoisotopic (exact) mass is 425 g/mol. The Morgan fingerprint density at radius 3 is 2.62 bits per heavy atom. The molecule has 29 heavy (non-hydrogen) atoms. The fourth-order valence-electron chi connectivity index (χ4n) is 2.76. The van der Waals surface area contributed by atoms with E-state index in [4.69, 9.17) is 0 Å². The average Bonchev–Trinajstić information content (AvgIpc) is 3.45. The molecule has 0 saturated carbocycles. The number of aryl methyl sites for hydroxylation is 1. The molecule has 0 bridgehead atoms. The van der Waals surface area contributed by atoms with Gasteiger partial charge in [0.25, 0.3) is 0 Å². The zero-order valence-corrected chi connectivity index (χ0v) is 17.3. The lowest BCUT2D eigenvalue weighted by atomic mass is 10.1. The van der Waals surface area contributed by atoms with Crippen molar-refractivity contribution in [2.24, 2.45) is 0 Å². The van der Waals surface area contributed by atoms with Gasteiger partial charge in [-0.1, -0.05) is 35.9 Å². The SMILES string of the molecule is Cc1ccc(CNC(=O)C(=O)NCCc2csc3nc(-c4cccs4)nn23)cc1. The molecule has 2 N–H and O–H groups in total. The maximum Gasteiger partial charge on any atom is 0.309 e. The molecule has 148 valence electrons. The summed E-state index contributed by atoms with van der Waals surface area (Å²) in [5, 5.41) is 13.8. The molecule has 4 rings (SSSR count). The largest absolute Gasteiger partial charge is 0.347 e. The van der Waals surface area contributed by atoms with Gasteiger partial charge in [0, 0.05) is 24.9 Å². The van der Waals surface area contributed by atoms with Crippen molar-refractivity contribution in [2.75, 3.05) is 6.54 Å². The topological polar surface area (TPSA) is 88.4 Å². The van der Waals surface area contributed by atoms with Crippen LogP contribution in [-0.4, -0.2) is 33.0 Å². The summed E-state index contributed by atoms with van der Waals surface area (Å²) in [6.07, 6.45) is 0.560. The first-order valence-corrected chi connectivity index (χ1v) is 10.8. The normalized spacial score (nSPS) is 10.9. The van der Waals surface area contributed by atoms with Crippen molar-refractivity contribution in [3.63, 3.8) is 0 Å². The molecular weight excluding hydrogens is 406 g/mol. The standard InChI is InChI=1S/C20H19N5O2S2/c1-13-4-6-14(7-5-13)11-22-19(27)18(26)21-9-8-15-12-29-20-23-17(24-25(15)20)16-3-2-10-28-16/h2-7,10,12H,8-9,11H2,1H3,(H,21,26)(H,22,27). The number of aromatic nitrogens is 3. The Morgan fingerprint density at radius 2 is 1.86 bits per heavy atom. The Labute approximate surface area is 175 Å². The zero-order chi connectivity index (χ0) is 20.2. The first-order valence-electron chi connectivity index (χ1n) is 9.09. The quantitative estimate of drug-likeness (QED) is 0.465. The molecule has 2 amide bonds. The molecule has 0 aliphatic carbocycles. The lowest BCUT2D eigenvalue weighted by Gasteiger charge is -2.06. The Balaban J connectivity index is 1.28. The maximum atomic E-state index is 12.0. The van der Waals surface area contributed by atoms with Crippen LogP contribution in [0.3, 0.4) is 0 Å². The maximum absolute atomic E-state index is 12.0. The molecule has 7 nitrogen and oxygen atoms in total. The molecule has 0 unspecified atom stereocenters. The lowest BCUT2D eigenvalue weighted by molar-refractivity contribution is -0.139. The Hall–Kier alpha value is -3.04. The Morgan fingerprint density at radius 1 is 1.07 bits per heavy atom. The van der Waals surface area contributed by atoms with E-state index in [1.54, 1.807) is 15.9 Å². The number of hydrogen-bond donors (Lipinski definition) is 2. The minimum absolute atomic E-state index is 0.322. The molecule has 0 spiro atoms. The highest BCUT2D eigenvalue weighted by atomic mass is 32.1. The van der Waals surface area contributed by atoms with Gasteiger partial charge in [0.1, 0.15) is 0 Å². The number of thiophene rings is 1. The second-order valence-electron chi connectivity index (χ2n) is 6.51. The number of thiazole rings is 1. The highest BCUT2D eigenvalue weighted by molar-refractivity contribution is 7.15. The van der Waals surface area contributed by atoms with Gasteiger partial charge in [-0.05, 0) is 23.9 Å². The molecule has 3 aromatic heterocycles. The number of hydrogen-bond acceptors (Lipinski definition) is 6. The van der Waals surface area contributed by atoms with Crippen molar-refractivity contribution in [1.29, 1.82) is 0 Å². The highest BCUT2D eigenvalue weighted by Crippen LogP contribution is 2.24. The van der Waals surface area contributed by atoms with Crippen molar-refractivity contribution in [3.05, 3.63) is 64.0 Å². The summed E-state index contributed by atoms with van der Waals surface area (Å²) >= 11 is 3.10. The van der Waals surface area contributed by atoms with Crippen LogP contribution in [0, 0.1) is 6.92 Å². The molecular formula is C20H19N5O2S2. The van der Waals surface area contributed by atoms with Gasteiger partial charge in [0.15, 0.2) is 5.82 Å². The van der Waals surface area contributed by atoms with Crippen LogP contribution in [0.4, 0.5) is 0 Å². The number of nitrogens with one attached hydrogen (secondary N) is 2. The second-order valence-corrected chi connectivity index (χ2v) is 8.29. The first-order chi connectivity index (χ1) is 14.1. The van der Waals surface area contributed by atoms with Crippen molar-refractivity contribution in [2.45, 2.75) is 19.9 Å². The minimum atomic E-state index is -0.638. The van der Waals surface area contributed by atoms with Gasteiger partial charge in [-0.2, -0.15) is 4.98 Å². The summed E-state index contributed by atoms with van der Waals surface area (Å²) in [6, 6.07) is 11.7. The summed E-state index contributed by atoms with van der Waals surface area (Å²) in [5.41, 5.74) is 3.04. The van der Waals surface area contributed by atoms with E-state index in [1.165, 1.54) is 11.3 Å². The minimum Gasteiger partial charge on any atom is -0.347 e. The van der Waals surface area contributed by atoms with Crippen molar-refractivity contribution in [3.8, 4) is 10.7 Å². The number of carbonyl (C=O) groups excluding carboxylic acids is 2. The first kappa shape index (κ1) is 19.3. The molecule has 0 saturated heterocycles. The molecule has 4 aromatic rings. The van der Waals surface area contributed by atoms with Gasteiger partial charge in [-0.15, -0.1) is 27.8 Å². The van der Waals surface area contributed by atoms with E-state index in [0.29, 0.717) is 25.3 Å². The fraction of sp³-hybridized carbons (Fsp3) is 0.200. The molecule has 0 aliphatic rings. The van der Waals surface area contributed by atoms with Crippen LogP contribution < -0.4 is 10.6 Å². The van der Waals surface area contributed by atoms with Gasteiger partial charge in [0.05, 0.1) is 10.6 Å². The average molecular weight is 426 g/mol. The summed E-state index contributed by atoms with van der Waals surface area (Å²) in [6.45, 7) is 2.66. The lowest BCUT2D eigenvalue weighted by Crippen LogP contribution is -2.40. The summed E-state index contributed by atoms with van der Waals surface area (Å²) < 4.78 is 1.79. The molecule has 0 atom stereocenters. The van der Waals surface area contributed by atoms with Crippen molar-refractivity contribution < 1.29 is 9.59 Å². The number of carbonyl (C=O) groups is 2. The third kappa shape index (κ3) is 4.52. The van der Waals surface area contributed by atoms with Gasteiger partial charge in [0.2, 0.25) is 4.96 Å². The van der Waals surface area contributed by atoms with Gasteiger partial charge in [-0.25, -0.2) is 4.52 Å². The van der Waals surface area contributed by atoms with Gasteiger partial charge < -0.3 is 10.6 Å². The smallest absolute Gasteiger partial charge is 0.309 e. The van der Waals surface area contributed by atoms with E-state index in [9.17, 15) is 9.59 Å². The second kappa shape index (κ2) is 8.54. The van der Waals surface area contributed by atoms with E-state index in [1.807, 2.05) is 54.1 Å². The third-order valence-corrected chi connectivity index (χ3v) is 6.07. The van der Waals surface area contributed by atoms with E-state index >= 15 is 0 Å². The van der Waals surface area contributed by atoms with Crippen LogP contribution in [0.2, 0.25) is 0 Å². The number of rotatable bonds is 6. The van der Waals surface area contributed by atoms with Gasteiger partial charge in [-0.3, -0.25) is 9.59 Å². The van der Waals surface area contributed by atoms with E-state index < -0.39 is 11.8 Å². The van der Waals surface area contributed by atoms with Crippen LogP contribution in [0.5, 0.6) is 0 Å². The molecule has 0 aliphatic heterocycles. The Kier molecular flexibility index (Phi) is 5.68. The van der Waals surface area contributed by atoms with Crippen molar-refractivity contribution in [1.82, 2.24) is 25.2 Å². The number of nitrogens with zero attached hydrogens (tertiary/aromatic N) is 3. The molecule has 1 aromatic carbocycles. The predicted octanol–water partition coefficient (Wildman–Crippen LogP) is 2.80. The Bertz CT molecular complexity index is 1130. The van der Waals surface area contributed by atoms with Crippen LogP contribution in [0.15, 0.2) is 47.2 Å². The summed E-state index contributed by atoms with van der Waals surface area (Å²) in [7, 11) is 0. The number of amides is 2. The number of fused-ring (bicyclic) bond motifs is 1. The van der Waals surface area contributed by atoms with E-state index in [0.717, 1.165) is 26.7 Å². The molecule has 9 heteroatoms. The highest BCUT2D eigenvalue weighted by Gasteiger charge is 2.15. The van der Waals surface area contributed by atoms with Crippen LogP contribution >= 0.6 is 22.7 Å². The van der Waals surface area contributed by atoms with Gasteiger partial charge >= 0.3 is 11.8 Å². The fourth-order valence-corrected chi connectivity index (χ4v) is 4.27. The van der Waals surface area contributed by atoms with Crippen molar-refractivity contribution >= 4 is 39.4 Å². The zero-order valence-electron chi connectivity index (χ0n) is 15.7. The summed E-state index contributed by atoms with van der Waals surface area (Å²) in [4.78, 5) is 30.4. The third-order valence-electron chi connectivity index (χ3n) is 4.34. The predicted molar refractivity (Wildman–Crippen MR) is 114 cm³/mol. The molecule has 0 radical (unpaired) electrons. The molecule has 3 heterocycles. The van der Waals surface area contributed by atoms with Crippen LogP contribution in [0.25, 0.3) is 15.7 Å². The van der Waals surface area contributed by atoms with Crippen LogP contribution in [0.1, 0.15) is 16.8 Å². The molecule has 0 fully saturated rings. The van der Waals surface area contributed by atoms with Crippen LogP contribution in [-0.2, 0) is 22.6 Å². The number of benzene rings is 1. The summed E-state index contributed by atoms with van der Waals surface area (Å²) in [5.74, 6) is -0.573.